The van der Waals surface area contributed by atoms with Crippen molar-refractivity contribution in [3.63, 3.8) is 0 Å². The topological polar surface area (TPSA) is 79.6 Å². The average Bonchev–Trinajstić information content (AvgIpc) is 2.79. The van der Waals surface area contributed by atoms with Crippen LogP contribution in [-0.4, -0.2) is 41.4 Å². The summed E-state index contributed by atoms with van der Waals surface area (Å²) in [6.07, 6.45) is 2.69. The average molecular weight is 336 g/mol. The third-order valence-electron chi connectivity index (χ3n) is 4.48. The third-order valence-corrected chi connectivity index (χ3v) is 5.33. The van der Waals surface area contributed by atoms with Gasteiger partial charge in [-0.1, -0.05) is 13.3 Å². The Morgan fingerprint density at radius 3 is 2.70 bits per heavy atom. The molecule has 0 radical (unpaired) electrons. The summed E-state index contributed by atoms with van der Waals surface area (Å²) >= 11 is 0. The van der Waals surface area contributed by atoms with E-state index in [9.17, 15) is 17.8 Å². The molecule has 1 aliphatic heterocycles. The van der Waals surface area contributed by atoms with Crippen LogP contribution >= 0.6 is 0 Å². The van der Waals surface area contributed by atoms with Gasteiger partial charge in [-0.3, -0.25) is 9.35 Å². The van der Waals surface area contributed by atoms with Gasteiger partial charge in [-0.05, 0) is 36.6 Å². The number of aromatic nitrogens is 1. The summed E-state index contributed by atoms with van der Waals surface area (Å²) in [5, 5.41) is 0.723. The van der Waals surface area contributed by atoms with E-state index in [1.165, 1.54) is 12.1 Å². The summed E-state index contributed by atoms with van der Waals surface area (Å²) < 4.78 is 33.8. The van der Waals surface area contributed by atoms with E-state index < -0.39 is 10.1 Å². The Balaban J connectivity index is 2.13. The normalized spacial score (nSPS) is 15.3. The molecule has 0 spiro atoms. The zero-order chi connectivity index (χ0) is 16.8. The first-order chi connectivity index (χ1) is 10.8. The van der Waals surface area contributed by atoms with Crippen molar-refractivity contribution in [2.45, 2.75) is 31.1 Å². The Bertz CT molecular complexity index is 883. The molecule has 1 N–H and O–H groups in total. The molecular formula is C16H20N2O4S. The number of hydrogen-bond acceptors (Lipinski definition) is 3. The van der Waals surface area contributed by atoms with Gasteiger partial charge in [-0.2, -0.15) is 8.42 Å². The molecule has 0 saturated carbocycles. The van der Waals surface area contributed by atoms with Gasteiger partial charge in [0.05, 0.1) is 4.90 Å². The van der Waals surface area contributed by atoms with E-state index in [-0.39, 0.29) is 10.8 Å². The van der Waals surface area contributed by atoms with Crippen LogP contribution in [0.3, 0.4) is 0 Å². The zero-order valence-electron chi connectivity index (χ0n) is 13.2. The Morgan fingerprint density at radius 1 is 1.30 bits per heavy atom. The van der Waals surface area contributed by atoms with Crippen molar-refractivity contribution >= 4 is 26.9 Å². The van der Waals surface area contributed by atoms with E-state index in [1.807, 2.05) is 16.5 Å². The maximum absolute atomic E-state index is 12.7. The molecule has 1 aliphatic rings. The van der Waals surface area contributed by atoms with Crippen LogP contribution < -0.4 is 0 Å². The largest absolute Gasteiger partial charge is 0.339 e. The standard InChI is InChI=1S/C16H20N2O4S/c1-3-4-8-18-9-7-12-13-10-11(23(20,21)22)5-6-14(13)17(2)15(12)16(18)19/h5-6,10H,3-4,7-9H2,1-2H3,(H,20,21,22). The number of fused-ring (bicyclic) bond motifs is 3. The predicted octanol–water partition coefficient (Wildman–Crippen LogP) is 2.22. The van der Waals surface area contributed by atoms with E-state index >= 15 is 0 Å². The number of rotatable bonds is 4. The van der Waals surface area contributed by atoms with Crippen LogP contribution in [0.15, 0.2) is 23.1 Å². The molecule has 23 heavy (non-hydrogen) atoms. The summed E-state index contributed by atoms with van der Waals surface area (Å²) in [6.45, 7) is 3.47. The summed E-state index contributed by atoms with van der Waals surface area (Å²) in [4.78, 5) is 14.4. The van der Waals surface area contributed by atoms with Crippen LogP contribution in [0.4, 0.5) is 0 Å². The summed E-state index contributed by atoms with van der Waals surface area (Å²) in [5.41, 5.74) is 2.29. The molecule has 0 bridgehead atoms. The quantitative estimate of drug-likeness (QED) is 0.868. The molecule has 6 nitrogen and oxygen atoms in total. The highest BCUT2D eigenvalue weighted by Gasteiger charge is 2.30. The summed E-state index contributed by atoms with van der Waals surface area (Å²) in [5.74, 6) is -0.00759. The predicted molar refractivity (Wildman–Crippen MR) is 87.2 cm³/mol. The molecule has 124 valence electrons. The lowest BCUT2D eigenvalue weighted by Gasteiger charge is -2.27. The monoisotopic (exact) mass is 336 g/mol. The van der Waals surface area contributed by atoms with E-state index in [0.717, 1.165) is 35.9 Å². The highest BCUT2D eigenvalue weighted by atomic mass is 32.2. The second kappa shape index (κ2) is 5.65. The maximum atomic E-state index is 12.7. The van der Waals surface area contributed by atoms with Gasteiger partial charge in [0.1, 0.15) is 5.69 Å². The number of nitrogens with zero attached hydrogens (tertiary/aromatic N) is 2. The van der Waals surface area contributed by atoms with Crippen molar-refractivity contribution in [3.8, 4) is 0 Å². The molecule has 0 saturated heterocycles. The van der Waals surface area contributed by atoms with Crippen LogP contribution in [0, 0.1) is 0 Å². The molecule has 3 rings (SSSR count). The first-order valence-corrected chi connectivity index (χ1v) is 9.16. The number of hydrogen-bond donors (Lipinski definition) is 1. The molecule has 1 amide bonds. The van der Waals surface area contributed by atoms with Gasteiger partial charge in [-0.25, -0.2) is 0 Å². The highest BCUT2D eigenvalue weighted by Crippen LogP contribution is 2.31. The minimum absolute atomic E-state index is 0.00759. The zero-order valence-corrected chi connectivity index (χ0v) is 14.1. The number of unbranched alkanes of at least 4 members (excludes halogenated alkanes) is 1. The molecule has 1 aromatic heterocycles. The number of carbonyl (C=O) groups is 1. The lowest BCUT2D eigenvalue weighted by atomic mass is 10.0. The van der Waals surface area contributed by atoms with Gasteiger partial charge in [-0.15, -0.1) is 0 Å². The van der Waals surface area contributed by atoms with Crippen molar-refractivity contribution in [2.24, 2.45) is 7.05 Å². The second-order valence-electron chi connectivity index (χ2n) is 5.94. The summed E-state index contributed by atoms with van der Waals surface area (Å²) in [6, 6.07) is 4.46. The molecule has 2 aromatic rings. The van der Waals surface area contributed by atoms with Crippen LogP contribution in [0.2, 0.25) is 0 Å². The van der Waals surface area contributed by atoms with Gasteiger partial charge < -0.3 is 9.47 Å². The third kappa shape index (κ3) is 2.64. The molecule has 0 unspecified atom stereocenters. The molecule has 0 fully saturated rings. The van der Waals surface area contributed by atoms with Gasteiger partial charge in [0.25, 0.3) is 16.0 Å². The minimum atomic E-state index is -4.25. The van der Waals surface area contributed by atoms with E-state index in [0.29, 0.717) is 18.7 Å². The van der Waals surface area contributed by atoms with Gasteiger partial charge >= 0.3 is 0 Å². The first-order valence-electron chi connectivity index (χ1n) is 7.72. The van der Waals surface area contributed by atoms with Crippen molar-refractivity contribution in [3.05, 3.63) is 29.5 Å². The Morgan fingerprint density at radius 2 is 2.04 bits per heavy atom. The maximum Gasteiger partial charge on any atom is 0.294 e. The molecule has 1 aromatic carbocycles. The number of benzene rings is 1. The van der Waals surface area contributed by atoms with Crippen molar-refractivity contribution in [1.82, 2.24) is 9.47 Å². The number of aryl methyl sites for hydroxylation is 1. The van der Waals surface area contributed by atoms with E-state index in [1.54, 1.807) is 6.07 Å². The summed E-state index contributed by atoms with van der Waals surface area (Å²) in [7, 11) is -2.44. The fraction of sp³-hybridized carbons (Fsp3) is 0.438. The van der Waals surface area contributed by atoms with Crippen LogP contribution in [-0.2, 0) is 23.6 Å². The van der Waals surface area contributed by atoms with Crippen LogP contribution in [0.1, 0.15) is 35.8 Å². The van der Waals surface area contributed by atoms with Crippen LogP contribution in [0.5, 0.6) is 0 Å². The fourth-order valence-electron chi connectivity index (χ4n) is 3.25. The number of amides is 1. The SMILES string of the molecule is CCCCN1CCc2c(n(C)c3ccc(S(=O)(=O)O)cc23)C1=O. The van der Waals surface area contributed by atoms with Crippen molar-refractivity contribution in [1.29, 1.82) is 0 Å². The Kier molecular flexibility index (Phi) is 3.93. The smallest absolute Gasteiger partial charge is 0.294 e. The van der Waals surface area contributed by atoms with Crippen molar-refractivity contribution < 1.29 is 17.8 Å². The van der Waals surface area contributed by atoms with Crippen molar-refractivity contribution in [2.75, 3.05) is 13.1 Å². The second-order valence-corrected chi connectivity index (χ2v) is 7.36. The lowest BCUT2D eigenvalue weighted by Crippen LogP contribution is -2.39. The fourth-order valence-corrected chi connectivity index (χ4v) is 3.75. The van der Waals surface area contributed by atoms with E-state index in [2.05, 4.69) is 6.92 Å². The molecule has 0 aliphatic carbocycles. The van der Waals surface area contributed by atoms with Crippen LogP contribution in [0.25, 0.3) is 10.9 Å². The van der Waals surface area contributed by atoms with E-state index in [4.69, 9.17) is 0 Å². The van der Waals surface area contributed by atoms with Gasteiger partial charge in [0, 0.05) is 31.0 Å². The molecular weight excluding hydrogens is 316 g/mol. The van der Waals surface area contributed by atoms with Gasteiger partial charge in [0.2, 0.25) is 0 Å². The highest BCUT2D eigenvalue weighted by molar-refractivity contribution is 7.85. The molecule has 7 heteroatoms. The Hall–Kier alpha value is -1.86. The molecule has 0 atom stereocenters. The minimum Gasteiger partial charge on any atom is -0.339 e. The molecule has 2 heterocycles. The lowest BCUT2D eigenvalue weighted by molar-refractivity contribution is 0.0728. The van der Waals surface area contributed by atoms with Gasteiger partial charge in [0.15, 0.2) is 0 Å². The Labute approximate surface area is 135 Å². The first kappa shape index (κ1) is 16.0. The number of carbonyl (C=O) groups excluding carboxylic acids is 1.